The minimum Gasteiger partial charge on any atom is -0.497 e. The summed E-state index contributed by atoms with van der Waals surface area (Å²) in [6, 6.07) is 18.1. The van der Waals surface area contributed by atoms with E-state index in [1.807, 2.05) is 54.6 Å². The molecular formula is C13H13NOS. The average molecular weight is 231 g/mol. The summed E-state index contributed by atoms with van der Waals surface area (Å²) < 4.78 is 8.38. The number of methoxy groups -OCH3 is 1. The zero-order chi connectivity index (χ0) is 11.2. The van der Waals surface area contributed by atoms with Gasteiger partial charge < -0.3 is 9.46 Å². The maximum absolute atomic E-state index is 5.10. The van der Waals surface area contributed by atoms with Crippen molar-refractivity contribution in [2.24, 2.45) is 0 Å². The molecule has 0 unspecified atom stereocenters. The largest absolute Gasteiger partial charge is 0.497 e. The lowest BCUT2D eigenvalue weighted by molar-refractivity contribution is 0.414. The molecule has 0 atom stereocenters. The van der Waals surface area contributed by atoms with Crippen LogP contribution in [0.1, 0.15) is 0 Å². The SMILES string of the molecule is COc1ccc(SNc2ccccc2)cc1. The molecular weight excluding hydrogens is 218 g/mol. The van der Waals surface area contributed by atoms with E-state index in [1.54, 1.807) is 19.1 Å². The van der Waals surface area contributed by atoms with Gasteiger partial charge in [0, 0.05) is 10.6 Å². The Bertz CT molecular complexity index is 427. The molecule has 0 amide bonds. The highest BCUT2D eigenvalue weighted by atomic mass is 32.2. The standard InChI is InChI=1S/C13H13NOS/c1-15-12-7-9-13(10-8-12)16-14-11-5-3-2-4-6-11/h2-10,14H,1H3. The fourth-order valence-electron chi connectivity index (χ4n) is 1.27. The van der Waals surface area contributed by atoms with Gasteiger partial charge in [-0.25, -0.2) is 0 Å². The lowest BCUT2D eigenvalue weighted by Gasteiger charge is -2.05. The van der Waals surface area contributed by atoms with Crippen molar-refractivity contribution < 1.29 is 4.74 Å². The number of ether oxygens (including phenoxy) is 1. The van der Waals surface area contributed by atoms with Crippen LogP contribution in [0.2, 0.25) is 0 Å². The van der Waals surface area contributed by atoms with Crippen molar-refractivity contribution >= 4 is 17.6 Å². The molecule has 0 aliphatic rings. The van der Waals surface area contributed by atoms with Crippen LogP contribution in [0.5, 0.6) is 5.75 Å². The van der Waals surface area contributed by atoms with E-state index in [-0.39, 0.29) is 0 Å². The molecule has 0 aliphatic heterocycles. The molecule has 2 aromatic carbocycles. The number of hydrogen-bond acceptors (Lipinski definition) is 3. The summed E-state index contributed by atoms with van der Waals surface area (Å²) in [5.74, 6) is 0.879. The molecule has 2 aromatic rings. The summed E-state index contributed by atoms with van der Waals surface area (Å²) in [5.41, 5.74) is 1.10. The second-order valence-electron chi connectivity index (χ2n) is 3.25. The van der Waals surface area contributed by atoms with E-state index < -0.39 is 0 Å². The normalized spacial score (nSPS) is 9.81. The maximum atomic E-state index is 5.10. The van der Waals surface area contributed by atoms with Gasteiger partial charge in [-0.05, 0) is 48.3 Å². The fourth-order valence-corrected chi connectivity index (χ4v) is 1.91. The summed E-state index contributed by atoms with van der Waals surface area (Å²) in [5, 5.41) is 0. The highest BCUT2D eigenvalue weighted by Gasteiger charge is 1.95. The summed E-state index contributed by atoms with van der Waals surface area (Å²) in [6.45, 7) is 0. The zero-order valence-electron chi connectivity index (χ0n) is 9.01. The van der Waals surface area contributed by atoms with Crippen LogP contribution < -0.4 is 9.46 Å². The van der Waals surface area contributed by atoms with Gasteiger partial charge in [0.05, 0.1) is 7.11 Å². The van der Waals surface area contributed by atoms with Gasteiger partial charge in [-0.2, -0.15) is 0 Å². The third kappa shape index (κ3) is 2.94. The van der Waals surface area contributed by atoms with Gasteiger partial charge >= 0.3 is 0 Å². The third-order valence-corrected chi connectivity index (χ3v) is 2.97. The number of nitrogens with one attached hydrogen (secondary N) is 1. The minimum absolute atomic E-state index is 0.879. The van der Waals surface area contributed by atoms with Gasteiger partial charge in [0.2, 0.25) is 0 Å². The van der Waals surface area contributed by atoms with E-state index in [2.05, 4.69) is 4.72 Å². The first-order valence-corrected chi connectivity index (χ1v) is 5.82. The average Bonchev–Trinajstić information content (AvgIpc) is 2.38. The van der Waals surface area contributed by atoms with E-state index in [0.29, 0.717) is 0 Å². The Morgan fingerprint density at radius 2 is 1.62 bits per heavy atom. The molecule has 2 nitrogen and oxygen atoms in total. The molecule has 0 radical (unpaired) electrons. The quantitative estimate of drug-likeness (QED) is 0.808. The van der Waals surface area contributed by atoms with Crippen LogP contribution in [-0.2, 0) is 0 Å². The zero-order valence-corrected chi connectivity index (χ0v) is 9.83. The van der Waals surface area contributed by atoms with Gasteiger partial charge in [0.15, 0.2) is 0 Å². The molecule has 0 aliphatic carbocycles. The molecule has 82 valence electrons. The van der Waals surface area contributed by atoms with Crippen molar-refractivity contribution in [2.75, 3.05) is 11.8 Å². The van der Waals surface area contributed by atoms with E-state index in [9.17, 15) is 0 Å². The predicted molar refractivity (Wildman–Crippen MR) is 68.9 cm³/mol. The van der Waals surface area contributed by atoms with E-state index >= 15 is 0 Å². The second-order valence-corrected chi connectivity index (χ2v) is 4.13. The van der Waals surface area contributed by atoms with E-state index in [0.717, 1.165) is 16.3 Å². The van der Waals surface area contributed by atoms with Crippen LogP contribution in [0.15, 0.2) is 59.5 Å². The van der Waals surface area contributed by atoms with Crippen LogP contribution >= 0.6 is 11.9 Å². The Balaban J connectivity index is 1.94. The maximum Gasteiger partial charge on any atom is 0.118 e. The van der Waals surface area contributed by atoms with E-state index in [4.69, 9.17) is 4.74 Å². The Hall–Kier alpha value is -1.61. The summed E-state index contributed by atoms with van der Waals surface area (Å²) in [7, 11) is 1.67. The highest BCUT2D eigenvalue weighted by molar-refractivity contribution is 8.00. The number of rotatable bonds is 4. The van der Waals surface area contributed by atoms with Crippen molar-refractivity contribution in [2.45, 2.75) is 4.90 Å². The van der Waals surface area contributed by atoms with Crippen LogP contribution in [0, 0.1) is 0 Å². The van der Waals surface area contributed by atoms with E-state index in [1.165, 1.54) is 0 Å². The Morgan fingerprint density at radius 1 is 0.938 bits per heavy atom. The first kappa shape index (κ1) is 10.9. The van der Waals surface area contributed by atoms with Crippen molar-refractivity contribution in [1.82, 2.24) is 0 Å². The minimum atomic E-state index is 0.879. The lowest BCUT2D eigenvalue weighted by atomic mass is 10.3. The molecule has 3 heteroatoms. The fraction of sp³-hybridized carbons (Fsp3) is 0.0769. The molecule has 0 heterocycles. The first-order chi connectivity index (χ1) is 7.88. The molecule has 0 spiro atoms. The van der Waals surface area contributed by atoms with Crippen LogP contribution in [-0.4, -0.2) is 7.11 Å². The number of anilines is 1. The van der Waals surface area contributed by atoms with Crippen molar-refractivity contribution in [3.63, 3.8) is 0 Å². The van der Waals surface area contributed by atoms with Gasteiger partial charge in [0.25, 0.3) is 0 Å². The molecule has 0 aromatic heterocycles. The summed E-state index contributed by atoms with van der Waals surface area (Å²) in [4.78, 5) is 1.16. The molecule has 0 saturated carbocycles. The lowest BCUT2D eigenvalue weighted by Crippen LogP contribution is -1.86. The molecule has 0 bridgehead atoms. The third-order valence-electron chi connectivity index (χ3n) is 2.12. The van der Waals surface area contributed by atoms with Crippen LogP contribution in [0.4, 0.5) is 5.69 Å². The van der Waals surface area contributed by atoms with Gasteiger partial charge in [-0.15, -0.1) is 0 Å². The summed E-state index contributed by atoms with van der Waals surface area (Å²) >= 11 is 1.59. The van der Waals surface area contributed by atoms with Gasteiger partial charge in [-0.1, -0.05) is 18.2 Å². The van der Waals surface area contributed by atoms with Crippen LogP contribution in [0.3, 0.4) is 0 Å². The second kappa shape index (κ2) is 5.47. The van der Waals surface area contributed by atoms with Crippen molar-refractivity contribution in [1.29, 1.82) is 0 Å². The summed E-state index contributed by atoms with van der Waals surface area (Å²) in [6.07, 6.45) is 0. The molecule has 16 heavy (non-hydrogen) atoms. The number of hydrogen-bond donors (Lipinski definition) is 1. The monoisotopic (exact) mass is 231 g/mol. The predicted octanol–water partition coefficient (Wildman–Crippen LogP) is 3.81. The Labute approximate surface area is 99.8 Å². The van der Waals surface area contributed by atoms with Gasteiger partial charge in [0.1, 0.15) is 5.75 Å². The number of benzene rings is 2. The first-order valence-electron chi connectivity index (χ1n) is 5.00. The smallest absolute Gasteiger partial charge is 0.118 e. The topological polar surface area (TPSA) is 21.3 Å². The Morgan fingerprint density at radius 3 is 2.25 bits per heavy atom. The highest BCUT2D eigenvalue weighted by Crippen LogP contribution is 2.22. The molecule has 1 N–H and O–H groups in total. The van der Waals surface area contributed by atoms with Crippen molar-refractivity contribution in [3.05, 3.63) is 54.6 Å². The molecule has 0 fully saturated rings. The molecule has 2 rings (SSSR count). The molecule has 0 saturated heterocycles. The number of para-hydroxylation sites is 1. The van der Waals surface area contributed by atoms with Crippen molar-refractivity contribution in [3.8, 4) is 5.75 Å². The Kier molecular flexibility index (Phi) is 3.72. The van der Waals surface area contributed by atoms with Gasteiger partial charge in [-0.3, -0.25) is 0 Å². The van der Waals surface area contributed by atoms with Crippen LogP contribution in [0.25, 0.3) is 0 Å².